The number of nitrogens with zero attached hydrogens (tertiary/aromatic N) is 3. The minimum Gasteiger partial charge on any atom is -0.497 e. The van der Waals surface area contributed by atoms with Crippen molar-refractivity contribution in [3.05, 3.63) is 60.2 Å². The molecule has 1 aromatic heterocycles. The van der Waals surface area contributed by atoms with E-state index in [-0.39, 0.29) is 5.91 Å². The molecule has 172 valence electrons. The summed E-state index contributed by atoms with van der Waals surface area (Å²) in [5, 5.41) is 2.71. The lowest BCUT2D eigenvalue weighted by Crippen LogP contribution is -2.39. The van der Waals surface area contributed by atoms with Crippen LogP contribution in [0.1, 0.15) is 24.2 Å². The Labute approximate surface area is 198 Å². The average molecular weight is 464 g/mol. The minimum atomic E-state index is -0.115. The number of hydrogen-bond acceptors (Lipinski definition) is 6. The van der Waals surface area contributed by atoms with Crippen LogP contribution in [0.4, 0.5) is 5.13 Å². The van der Waals surface area contributed by atoms with Crippen molar-refractivity contribution in [3.8, 4) is 11.5 Å². The molecular formula is C26H29N3O3S. The largest absolute Gasteiger partial charge is 0.497 e. The maximum atomic E-state index is 13.9. The van der Waals surface area contributed by atoms with Crippen molar-refractivity contribution in [2.45, 2.75) is 13.8 Å². The number of likely N-dealkylation sites (N-methyl/N-ethyl adjacent to an activating group) is 1. The predicted molar refractivity (Wildman–Crippen MR) is 136 cm³/mol. The van der Waals surface area contributed by atoms with Crippen LogP contribution in [0.15, 0.2) is 54.6 Å². The van der Waals surface area contributed by atoms with Gasteiger partial charge in [-0.05, 0) is 48.1 Å². The summed E-state index contributed by atoms with van der Waals surface area (Å²) in [5.41, 5.74) is 1.35. The highest BCUT2D eigenvalue weighted by atomic mass is 32.1. The van der Waals surface area contributed by atoms with Gasteiger partial charge in [-0.2, -0.15) is 0 Å². The monoisotopic (exact) mass is 463 g/mol. The van der Waals surface area contributed by atoms with Crippen molar-refractivity contribution in [3.63, 3.8) is 0 Å². The Bertz CT molecular complexity index is 1270. The van der Waals surface area contributed by atoms with E-state index in [1.165, 1.54) is 11.3 Å². The third kappa shape index (κ3) is 4.79. The zero-order valence-electron chi connectivity index (χ0n) is 19.5. The fourth-order valence-electron chi connectivity index (χ4n) is 3.90. The van der Waals surface area contributed by atoms with E-state index in [0.29, 0.717) is 23.0 Å². The fraction of sp³-hybridized carbons (Fsp3) is 0.308. The number of amides is 1. The van der Waals surface area contributed by atoms with Gasteiger partial charge in [-0.1, -0.05) is 49.4 Å². The molecule has 0 unspecified atom stereocenters. The van der Waals surface area contributed by atoms with Crippen molar-refractivity contribution >= 4 is 43.4 Å². The van der Waals surface area contributed by atoms with E-state index in [1.54, 1.807) is 19.1 Å². The first-order valence-electron chi connectivity index (χ1n) is 11.1. The van der Waals surface area contributed by atoms with Crippen LogP contribution >= 0.6 is 11.3 Å². The normalized spacial score (nSPS) is 11.3. The van der Waals surface area contributed by atoms with Gasteiger partial charge in [0.15, 0.2) is 5.13 Å². The molecule has 0 saturated carbocycles. The molecule has 0 fully saturated rings. The minimum absolute atomic E-state index is 0.115. The molecule has 0 aliphatic rings. The van der Waals surface area contributed by atoms with Crippen LogP contribution in [-0.4, -0.2) is 56.2 Å². The first-order chi connectivity index (χ1) is 16.1. The van der Waals surface area contributed by atoms with E-state index in [1.807, 2.05) is 54.6 Å². The summed E-state index contributed by atoms with van der Waals surface area (Å²) in [5.74, 6) is 1.20. The van der Waals surface area contributed by atoms with E-state index in [9.17, 15) is 4.79 Å². The summed E-state index contributed by atoms with van der Waals surface area (Å²) in [6.45, 7) is 7.41. The van der Waals surface area contributed by atoms with Gasteiger partial charge in [-0.15, -0.1) is 0 Å². The van der Waals surface area contributed by atoms with Crippen LogP contribution in [0.5, 0.6) is 11.5 Å². The Morgan fingerprint density at radius 1 is 0.939 bits per heavy atom. The van der Waals surface area contributed by atoms with Gasteiger partial charge >= 0.3 is 0 Å². The zero-order chi connectivity index (χ0) is 23.4. The molecule has 33 heavy (non-hydrogen) atoms. The number of anilines is 1. The topological polar surface area (TPSA) is 54.9 Å². The summed E-state index contributed by atoms with van der Waals surface area (Å²) in [6, 6.07) is 17.6. The highest BCUT2D eigenvalue weighted by Gasteiger charge is 2.25. The maximum absolute atomic E-state index is 13.9. The van der Waals surface area contributed by atoms with Crippen LogP contribution < -0.4 is 14.4 Å². The fourth-order valence-corrected chi connectivity index (χ4v) is 4.87. The van der Waals surface area contributed by atoms with Crippen LogP contribution in [0.3, 0.4) is 0 Å². The summed E-state index contributed by atoms with van der Waals surface area (Å²) in [7, 11) is 3.24. The van der Waals surface area contributed by atoms with E-state index in [4.69, 9.17) is 14.5 Å². The van der Waals surface area contributed by atoms with Crippen molar-refractivity contribution in [2.24, 2.45) is 0 Å². The number of rotatable bonds is 9. The van der Waals surface area contributed by atoms with Gasteiger partial charge in [0.2, 0.25) is 0 Å². The number of aromatic nitrogens is 1. The molecular weight excluding hydrogens is 434 g/mol. The maximum Gasteiger partial charge on any atom is 0.263 e. The molecule has 0 saturated heterocycles. The van der Waals surface area contributed by atoms with Gasteiger partial charge in [0, 0.05) is 19.2 Å². The Kier molecular flexibility index (Phi) is 7.11. The van der Waals surface area contributed by atoms with Gasteiger partial charge in [-0.25, -0.2) is 4.98 Å². The Hall–Kier alpha value is -3.16. The third-order valence-corrected chi connectivity index (χ3v) is 6.95. The predicted octanol–water partition coefficient (Wildman–Crippen LogP) is 5.46. The van der Waals surface area contributed by atoms with Crippen LogP contribution in [0, 0.1) is 0 Å². The Morgan fingerprint density at radius 3 is 2.33 bits per heavy atom. The Morgan fingerprint density at radius 2 is 1.67 bits per heavy atom. The Balaban J connectivity index is 1.77. The molecule has 7 heteroatoms. The summed E-state index contributed by atoms with van der Waals surface area (Å²) < 4.78 is 12.0. The molecule has 3 aromatic carbocycles. The molecule has 1 amide bonds. The van der Waals surface area contributed by atoms with E-state index < -0.39 is 0 Å². The second-order valence-corrected chi connectivity index (χ2v) is 8.72. The van der Waals surface area contributed by atoms with Crippen molar-refractivity contribution in [1.29, 1.82) is 0 Å². The second kappa shape index (κ2) is 10.2. The third-order valence-electron chi connectivity index (χ3n) is 5.89. The summed E-state index contributed by atoms with van der Waals surface area (Å²) in [6.07, 6.45) is 0. The summed E-state index contributed by atoms with van der Waals surface area (Å²) >= 11 is 1.51. The van der Waals surface area contributed by atoms with Crippen molar-refractivity contribution in [2.75, 3.05) is 45.3 Å². The zero-order valence-corrected chi connectivity index (χ0v) is 20.3. The van der Waals surface area contributed by atoms with E-state index in [0.717, 1.165) is 46.4 Å². The molecule has 0 aliphatic heterocycles. The SMILES string of the molecule is CCN(CC)CCN(C(=O)c1cc2ccccc2cc1OC)c1nc2cc(OC)ccc2s1. The standard InChI is InChI=1S/C26H29N3O3S/c1-5-28(6-2)13-14-29(26-27-22-17-20(31-3)11-12-24(22)33-26)25(30)21-15-18-9-7-8-10-19(18)16-23(21)32-4/h7-12,15-17H,5-6,13-14H2,1-4H3. The van der Waals surface area contributed by atoms with Gasteiger partial charge < -0.3 is 14.4 Å². The molecule has 0 N–H and O–H groups in total. The van der Waals surface area contributed by atoms with Gasteiger partial charge in [0.1, 0.15) is 11.5 Å². The van der Waals surface area contributed by atoms with Crippen molar-refractivity contribution in [1.82, 2.24) is 9.88 Å². The lowest BCUT2D eigenvalue weighted by atomic mass is 10.0. The number of ether oxygens (including phenoxy) is 2. The van der Waals surface area contributed by atoms with Crippen molar-refractivity contribution < 1.29 is 14.3 Å². The average Bonchev–Trinajstić information content (AvgIpc) is 3.28. The number of carbonyl (C=O) groups is 1. The number of carbonyl (C=O) groups excluding carboxylic acids is 1. The van der Waals surface area contributed by atoms with E-state index in [2.05, 4.69) is 18.7 Å². The molecule has 1 heterocycles. The second-order valence-electron chi connectivity index (χ2n) is 7.71. The molecule has 0 bridgehead atoms. The molecule has 0 aliphatic carbocycles. The lowest BCUT2D eigenvalue weighted by molar-refractivity contribution is 0.0981. The van der Waals surface area contributed by atoms with Crippen LogP contribution in [-0.2, 0) is 0 Å². The smallest absolute Gasteiger partial charge is 0.263 e. The quantitative estimate of drug-likeness (QED) is 0.330. The molecule has 0 radical (unpaired) electrons. The highest BCUT2D eigenvalue weighted by molar-refractivity contribution is 7.22. The van der Waals surface area contributed by atoms with E-state index >= 15 is 0 Å². The number of hydrogen-bond donors (Lipinski definition) is 0. The highest BCUT2D eigenvalue weighted by Crippen LogP contribution is 2.34. The summed E-state index contributed by atoms with van der Waals surface area (Å²) in [4.78, 5) is 22.8. The number of benzene rings is 3. The van der Waals surface area contributed by atoms with Gasteiger partial charge in [0.25, 0.3) is 5.91 Å². The number of fused-ring (bicyclic) bond motifs is 2. The lowest BCUT2D eigenvalue weighted by Gasteiger charge is -2.25. The number of thiazole rings is 1. The van der Waals surface area contributed by atoms with Crippen LogP contribution in [0.2, 0.25) is 0 Å². The number of methoxy groups -OCH3 is 2. The molecule has 6 nitrogen and oxygen atoms in total. The van der Waals surface area contributed by atoms with Gasteiger partial charge in [-0.3, -0.25) is 9.69 Å². The molecule has 4 rings (SSSR count). The molecule has 4 aromatic rings. The first kappa shape index (κ1) is 23.0. The van der Waals surface area contributed by atoms with Gasteiger partial charge in [0.05, 0.1) is 30.0 Å². The first-order valence-corrected chi connectivity index (χ1v) is 11.9. The molecule has 0 spiro atoms. The van der Waals surface area contributed by atoms with Crippen LogP contribution in [0.25, 0.3) is 21.0 Å². The molecule has 0 atom stereocenters.